The second-order valence-electron chi connectivity index (χ2n) is 6.14. The maximum Gasteiger partial charge on any atom is 0.310 e. The molecule has 1 saturated heterocycles. The van der Waals surface area contributed by atoms with Crippen LogP contribution in [0.3, 0.4) is 0 Å². The van der Waals surface area contributed by atoms with Crippen molar-refractivity contribution in [1.29, 1.82) is 0 Å². The van der Waals surface area contributed by atoms with Crippen LogP contribution in [0.1, 0.15) is 30.3 Å². The van der Waals surface area contributed by atoms with Crippen LogP contribution in [0.25, 0.3) is 11.1 Å². The zero-order valence-corrected chi connectivity index (χ0v) is 14.4. The molecule has 0 bridgehead atoms. The number of likely N-dealkylation sites (tertiary alicyclic amines) is 1. The highest BCUT2D eigenvalue weighted by Gasteiger charge is 2.30. The number of carbonyl (C=O) groups excluding carboxylic acids is 2. The number of piperidine rings is 1. The Morgan fingerprint density at radius 1 is 1.16 bits per heavy atom. The Morgan fingerprint density at radius 3 is 2.64 bits per heavy atom. The van der Waals surface area contributed by atoms with Crippen LogP contribution in [0.5, 0.6) is 0 Å². The summed E-state index contributed by atoms with van der Waals surface area (Å²) in [6, 6.07) is 13.6. The van der Waals surface area contributed by atoms with Crippen LogP contribution in [0, 0.1) is 5.92 Å². The van der Waals surface area contributed by atoms with E-state index in [9.17, 15) is 9.59 Å². The third-order valence-corrected chi connectivity index (χ3v) is 4.42. The van der Waals surface area contributed by atoms with Gasteiger partial charge in [-0.05, 0) is 31.4 Å². The van der Waals surface area contributed by atoms with Crippen LogP contribution < -0.4 is 0 Å². The number of ether oxygens (including phenoxy) is 1. The second kappa shape index (κ2) is 7.92. The Morgan fingerprint density at radius 2 is 1.96 bits per heavy atom. The molecule has 1 aliphatic rings. The highest BCUT2D eigenvalue weighted by atomic mass is 16.5. The SMILES string of the molecule is CCOC(=O)C1CCCN(C(=O)c2ccc(-c3ccccc3)cn2)C1. The molecular formula is C20H22N2O3. The van der Waals surface area contributed by atoms with E-state index in [4.69, 9.17) is 4.74 Å². The number of nitrogens with zero attached hydrogens (tertiary/aromatic N) is 2. The average molecular weight is 338 g/mol. The Bertz CT molecular complexity index is 728. The molecule has 1 amide bonds. The summed E-state index contributed by atoms with van der Waals surface area (Å²) in [5.41, 5.74) is 2.44. The van der Waals surface area contributed by atoms with Crippen molar-refractivity contribution < 1.29 is 14.3 Å². The van der Waals surface area contributed by atoms with Crippen molar-refractivity contribution in [3.63, 3.8) is 0 Å². The molecule has 3 rings (SSSR count). The summed E-state index contributed by atoms with van der Waals surface area (Å²) in [7, 11) is 0. The quantitative estimate of drug-likeness (QED) is 0.804. The van der Waals surface area contributed by atoms with Gasteiger partial charge in [-0.25, -0.2) is 0 Å². The van der Waals surface area contributed by atoms with Gasteiger partial charge < -0.3 is 9.64 Å². The molecule has 5 nitrogen and oxygen atoms in total. The predicted octanol–water partition coefficient (Wildman–Crippen LogP) is 3.16. The van der Waals surface area contributed by atoms with Crippen molar-refractivity contribution in [2.45, 2.75) is 19.8 Å². The fourth-order valence-corrected chi connectivity index (χ4v) is 3.10. The molecular weight excluding hydrogens is 316 g/mol. The van der Waals surface area contributed by atoms with E-state index < -0.39 is 0 Å². The third-order valence-electron chi connectivity index (χ3n) is 4.42. The van der Waals surface area contributed by atoms with E-state index in [0.29, 0.717) is 25.4 Å². The first kappa shape index (κ1) is 17.1. The van der Waals surface area contributed by atoms with Gasteiger partial charge in [0.15, 0.2) is 0 Å². The molecule has 1 aromatic carbocycles. The standard InChI is InChI=1S/C20H22N2O3/c1-2-25-20(24)17-9-6-12-22(14-17)19(23)18-11-10-16(13-21-18)15-7-4-3-5-8-15/h3-5,7-8,10-11,13,17H,2,6,9,12,14H2,1H3. The number of hydrogen-bond acceptors (Lipinski definition) is 4. The number of hydrogen-bond donors (Lipinski definition) is 0. The van der Waals surface area contributed by atoms with Crippen molar-refractivity contribution >= 4 is 11.9 Å². The first-order valence-electron chi connectivity index (χ1n) is 8.66. The highest BCUT2D eigenvalue weighted by molar-refractivity contribution is 5.93. The lowest BCUT2D eigenvalue weighted by Crippen LogP contribution is -2.43. The third kappa shape index (κ3) is 4.05. The zero-order chi connectivity index (χ0) is 17.6. The number of amides is 1. The van der Waals surface area contributed by atoms with Crippen LogP contribution in [0.4, 0.5) is 0 Å². The number of aromatic nitrogens is 1. The van der Waals surface area contributed by atoms with Crippen LogP contribution in [-0.4, -0.2) is 41.5 Å². The van der Waals surface area contributed by atoms with Crippen molar-refractivity contribution in [1.82, 2.24) is 9.88 Å². The van der Waals surface area contributed by atoms with Crippen LogP contribution >= 0.6 is 0 Å². The summed E-state index contributed by atoms with van der Waals surface area (Å²) in [5, 5.41) is 0. The Labute approximate surface area is 147 Å². The Kier molecular flexibility index (Phi) is 5.43. The number of esters is 1. The number of carbonyl (C=O) groups is 2. The number of rotatable bonds is 4. The van der Waals surface area contributed by atoms with Gasteiger partial charge in [0.05, 0.1) is 12.5 Å². The lowest BCUT2D eigenvalue weighted by molar-refractivity contribution is -0.149. The van der Waals surface area contributed by atoms with Gasteiger partial charge >= 0.3 is 5.97 Å². The number of benzene rings is 1. The molecule has 2 aromatic rings. The van der Waals surface area contributed by atoms with Gasteiger partial charge in [0.25, 0.3) is 5.91 Å². The summed E-state index contributed by atoms with van der Waals surface area (Å²) in [6.45, 7) is 3.21. The Hall–Kier alpha value is -2.69. The van der Waals surface area contributed by atoms with E-state index in [1.807, 2.05) is 36.4 Å². The predicted molar refractivity (Wildman–Crippen MR) is 94.9 cm³/mol. The summed E-state index contributed by atoms with van der Waals surface area (Å²) in [5.74, 6) is -0.581. The van der Waals surface area contributed by atoms with Crippen LogP contribution in [-0.2, 0) is 9.53 Å². The molecule has 0 radical (unpaired) electrons. The molecule has 1 aliphatic heterocycles. The number of pyridine rings is 1. The summed E-state index contributed by atoms with van der Waals surface area (Å²) in [6.07, 6.45) is 3.29. The molecule has 25 heavy (non-hydrogen) atoms. The van der Waals surface area contributed by atoms with Gasteiger partial charge in [-0.15, -0.1) is 0 Å². The van der Waals surface area contributed by atoms with E-state index in [-0.39, 0.29) is 17.8 Å². The summed E-state index contributed by atoms with van der Waals surface area (Å²) >= 11 is 0. The first-order chi connectivity index (χ1) is 12.2. The van der Waals surface area contributed by atoms with E-state index in [2.05, 4.69) is 4.98 Å². The molecule has 5 heteroatoms. The average Bonchev–Trinajstić information content (AvgIpc) is 2.68. The van der Waals surface area contributed by atoms with E-state index >= 15 is 0 Å². The van der Waals surface area contributed by atoms with Crippen molar-refractivity contribution in [2.75, 3.05) is 19.7 Å². The molecule has 0 aliphatic carbocycles. The fraction of sp³-hybridized carbons (Fsp3) is 0.350. The molecule has 0 spiro atoms. The monoisotopic (exact) mass is 338 g/mol. The zero-order valence-electron chi connectivity index (χ0n) is 14.4. The molecule has 1 unspecified atom stereocenters. The minimum absolute atomic E-state index is 0.131. The van der Waals surface area contributed by atoms with E-state index in [1.165, 1.54) is 0 Å². The van der Waals surface area contributed by atoms with Crippen molar-refractivity contribution in [3.8, 4) is 11.1 Å². The second-order valence-corrected chi connectivity index (χ2v) is 6.14. The van der Waals surface area contributed by atoms with Gasteiger partial charge in [-0.1, -0.05) is 36.4 Å². The summed E-state index contributed by atoms with van der Waals surface area (Å²) in [4.78, 5) is 30.6. The van der Waals surface area contributed by atoms with E-state index in [1.54, 1.807) is 24.1 Å². The molecule has 1 atom stereocenters. The molecule has 2 heterocycles. The van der Waals surface area contributed by atoms with E-state index in [0.717, 1.165) is 24.0 Å². The lowest BCUT2D eigenvalue weighted by atomic mass is 9.98. The maximum atomic E-state index is 12.7. The van der Waals surface area contributed by atoms with Crippen LogP contribution in [0.15, 0.2) is 48.7 Å². The van der Waals surface area contributed by atoms with Gasteiger partial charge in [-0.3, -0.25) is 14.6 Å². The van der Waals surface area contributed by atoms with Crippen molar-refractivity contribution in [2.24, 2.45) is 5.92 Å². The summed E-state index contributed by atoms with van der Waals surface area (Å²) < 4.78 is 5.09. The van der Waals surface area contributed by atoms with Gasteiger partial charge in [0.2, 0.25) is 0 Å². The van der Waals surface area contributed by atoms with Gasteiger partial charge in [0.1, 0.15) is 5.69 Å². The molecule has 1 aromatic heterocycles. The molecule has 130 valence electrons. The van der Waals surface area contributed by atoms with Gasteiger partial charge in [-0.2, -0.15) is 0 Å². The van der Waals surface area contributed by atoms with Gasteiger partial charge in [0, 0.05) is 24.8 Å². The lowest BCUT2D eigenvalue weighted by Gasteiger charge is -2.31. The Balaban J connectivity index is 1.69. The normalized spacial score (nSPS) is 17.2. The smallest absolute Gasteiger partial charge is 0.310 e. The topological polar surface area (TPSA) is 59.5 Å². The first-order valence-corrected chi connectivity index (χ1v) is 8.66. The largest absolute Gasteiger partial charge is 0.466 e. The minimum atomic E-state index is -0.235. The fourth-order valence-electron chi connectivity index (χ4n) is 3.10. The minimum Gasteiger partial charge on any atom is -0.466 e. The highest BCUT2D eigenvalue weighted by Crippen LogP contribution is 2.21. The molecule has 0 N–H and O–H groups in total. The molecule has 0 saturated carbocycles. The maximum absolute atomic E-state index is 12.7. The van der Waals surface area contributed by atoms with Crippen LogP contribution in [0.2, 0.25) is 0 Å². The molecule has 1 fully saturated rings. The van der Waals surface area contributed by atoms with Crippen molar-refractivity contribution in [3.05, 3.63) is 54.4 Å².